The molecular formula is C23H18BrN3O2S. The molecule has 0 saturated carbocycles. The highest BCUT2D eigenvalue weighted by molar-refractivity contribution is 9.10. The second kappa shape index (κ2) is 9.28. The lowest BCUT2D eigenvalue weighted by Gasteiger charge is -2.11. The van der Waals surface area contributed by atoms with Crippen LogP contribution in [-0.4, -0.2) is 33.4 Å². The van der Waals surface area contributed by atoms with Gasteiger partial charge in [0, 0.05) is 21.3 Å². The lowest BCUT2D eigenvalue weighted by atomic mass is 10.1. The first-order valence-corrected chi connectivity index (χ1v) is 11.0. The van der Waals surface area contributed by atoms with Crippen LogP contribution in [0.15, 0.2) is 88.5 Å². The zero-order chi connectivity index (χ0) is 20.9. The minimum absolute atomic E-state index is 0.0259. The van der Waals surface area contributed by atoms with E-state index in [1.807, 2.05) is 83.4 Å². The minimum Gasteiger partial charge on any atom is -0.497 e. The molecule has 3 aromatic carbocycles. The van der Waals surface area contributed by atoms with E-state index in [9.17, 15) is 4.79 Å². The second-order valence-corrected chi connectivity index (χ2v) is 8.19. The number of carbonyl (C=O) groups is 1. The number of methoxy groups -OCH3 is 1. The number of nitrogens with zero attached hydrogens (tertiary/aromatic N) is 3. The summed E-state index contributed by atoms with van der Waals surface area (Å²) < 4.78 is 8.03. The number of halogens is 1. The summed E-state index contributed by atoms with van der Waals surface area (Å²) in [5.74, 6) is 1.77. The molecule has 0 atom stereocenters. The second-order valence-electron chi connectivity index (χ2n) is 6.40. The number of hydrogen-bond donors (Lipinski definition) is 0. The van der Waals surface area contributed by atoms with Gasteiger partial charge in [0.05, 0.1) is 12.9 Å². The van der Waals surface area contributed by atoms with E-state index >= 15 is 0 Å². The van der Waals surface area contributed by atoms with Gasteiger partial charge >= 0.3 is 0 Å². The molecule has 0 amide bonds. The Kier molecular flexibility index (Phi) is 6.30. The summed E-state index contributed by atoms with van der Waals surface area (Å²) in [7, 11) is 1.64. The molecule has 1 aromatic heterocycles. The van der Waals surface area contributed by atoms with Gasteiger partial charge in [-0.2, -0.15) is 0 Å². The topological polar surface area (TPSA) is 57.0 Å². The maximum absolute atomic E-state index is 12.7. The lowest BCUT2D eigenvalue weighted by molar-refractivity contribution is 0.102. The number of rotatable bonds is 7. The van der Waals surface area contributed by atoms with Crippen molar-refractivity contribution in [3.63, 3.8) is 0 Å². The molecule has 0 fully saturated rings. The largest absolute Gasteiger partial charge is 0.497 e. The van der Waals surface area contributed by atoms with E-state index in [-0.39, 0.29) is 11.5 Å². The van der Waals surface area contributed by atoms with Gasteiger partial charge in [0.1, 0.15) is 5.75 Å². The van der Waals surface area contributed by atoms with Gasteiger partial charge in [-0.05, 0) is 30.3 Å². The number of thioether (sulfide) groups is 1. The smallest absolute Gasteiger partial charge is 0.196 e. The summed E-state index contributed by atoms with van der Waals surface area (Å²) in [6, 6.07) is 25.0. The van der Waals surface area contributed by atoms with Crippen molar-refractivity contribution in [2.45, 2.75) is 5.16 Å². The first-order chi connectivity index (χ1) is 14.7. The molecule has 7 heteroatoms. The number of benzene rings is 3. The maximum atomic E-state index is 12.7. The summed E-state index contributed by atoms with van der Waals surface area (Å²) in [6.45, 7) is 0. The lowest BCUT2D eigenvalue weighted by Crippen LogP contribution is -2.05. The third-order valence-corrected chi connectivity index (χ3v) is 6.12. The Morgan fingerprint density at radius 1 is 0.967 bits per heavy atom. The third-order valence-electron chi connectivity index (χ3n) is 4.50. The molecule has 0 N–H and O–H groups in total. The van der Waals surface area contributed by atoms with Crippen molar-refractivity contribution in [1.82, 2.24) is 14.8 Å². The number of carbonyl (C=O) groups excluding carboxylic acids is 1. The molecule has 4 aromatic rings. The minimum atomic E-state index is 0.0259. The first-order valence-electron chi connectivity index (χ1n) is 9.23. The van der Waals surface area contributed by atoms with Gasteiger partial charge in [-0.15, -0.1) is 10.2 Å². The van der Waals surface area contributed by atoms with E-state index in [1.165, 1.54) is 11.8 Å². The van der Waals surface area contributed by atoms with Crippen molar-refractivity contribution in [2.24, 2.45) is 0 Å². The van der Waals surface area contributed by atoms with E-state index < -0.39 is 0 Å². The van der Waals surface area contributed by atoms with E-state index in [0.29, 0.717) is 10.7 Å². The number of ketones is 1. The van der Waals surface area contributed by atoms with Gasteiger partial charge in [-0.1, -0.05) is 76.2 Å². The Hall–Kier alpha value is -2.90. The summed E-state index contributed by atoms with van der Waals surface area (Å²) in [5.41, 5.74) is 2.50. The molecule has 150 valence electrons. The summed E-state index contributed by atoms with van der Waals surface area (Å²) >= 11 is 4.81. The van der Waals surface area contributed by atoms with Crippen LogP contribution in [0.1, 0.15) is 10.4 Å². The highest BCUT2D eigenvalue weighted by Gasteiger charge is 2.18. The van der Waals surface area contributed by atoms with Gasteiger partial charge in [-0.3, -0.25) is 9.36 Å². The van der Waals surface area contributed by atoms with Gasteiger partial charge in [0.15, 0.2) is 16.8 Å². The zero-order valence-electron chi connectivity index (χ0n) is 16.2. The predicted molar refractivity (Wildman–Crippen MR) is 123 cm³/mol. The van der Waals surface area contributed by atoms with Crippen LogP contribution in [0.2, 0.25) is 0 Å². The van der Waals surface area contributed by atoms with Crippen molar-refractivity contribution >= 4 is 33.5 Å². The van der Waals surface area contributed by atoms with Crippen LogP contribution in [-0.2, 0) is 0 Å². The molecule has 0 bridgehead atoms. The molecule has 4 rings (SSSR count). The normalized spacial score (nSPS) is 10.7. The average molecular weight is 480 g/mol. The van der Waals surface area contributed by atoms with E-state index in [0.717, 1.165) is 27.3 Å². The molecule has 0 saturated heterocycles. The number of aromatic nitrogens is 3. The van der Waals surface area contributed by atoms with Crippen molar-refractivity contribution in [3.05, 3.63) is 88.9 Å². The molecule has 0 radical (unpaired) electrons. The fraction of sp³-hybridized carbons (Fsp3) is 0.0870. The Labute approximate surface area is 187 Å². The molecule has 0 aliphatic rings. The standard InChI is InChI=1S/C23H18BrN3O2S/c1-29-18-13-11-17(12-14-18)27-22(16-7-3-2-4-8-16)25-26-23(27)30-15-21(28)19-9-5-6-10-20(19)24/h2-14H,15H2,1H3. The fourth-order valence-electron chi connectivity index (χ4n) is 3.00. The van der Waals surface area contributed by atoms with Crippen LogP contribution in [0.3, 0.4) is 0 Å². The quantitative estimate of drug-likeness (QED) is 0.252. The molecule has 0 unspecified atom stereocenters. The monoisotopic (exact) mass is 479 g/mol. The van der Waals surface area contributed by atoms with Crippen LogP contribution in [0, 0.1) is 0 Å². The van der Waals surface area contributed by atoms with Crippen molar-refractivity contribution in [1.29, 1.82) is 0 Å². The fourth-order valence-corrected chi connectivity index (χ4v) is 4.34. The summed E-state index contributed by atoms with van der Waals surface area (Å²) in [5, 5.41) is 9.45. The number of hydrogen-bond acceptors (Lipinski definition) is 5. The van der Waals surface area contributed by atoms with Crippen molar-refractivity contribution in [3.8, 4) is 22.8 Å². The zero-order valence-corrected chi connectivity index (χ0v) is 18.6. The molecule has 0 aliphatic heterocycles. The van der Waals surface area contributed by atoms with Crippen LogP contribution >= 0.6 is 27.7 Å². The number of Topliss-reactive ketones (excluding diaryl/α,β-unsaturated/α-hetero) is 1. The molecular weight excluding hydrogens is 462 g/mol. The Bertz CT molecular complexity index is 1160. The van der Waals surface area contributed by atoms with Crippen molar-refractivity contribution in [2.75, 3.05) is 12.9 Å². The first kappa shape index (κ1) is 20.4. The van der Waals surface area contributed by atoms with Crippen LogP contribution in [0.25, 0.3) is 17.1 Å². The highest BCUT2D eigenvalue weighted by Crippen LogP contribution is 2.29. The highest BCUT2D eigenvalue weighted by atomic mass is 79.9. The Balaban J connectivity index is 1.68. The molecule has 30 heavy (non-hydrogen) atoms. The summed E-state index contributed by atoms with van der Waals surface area (Å²) in [6.07, 6.45) is 0. The molecule has 0 aliphatic carbocycles. The van der Waals surface area contributed by atoms with Gasteiger partial charge < -0.3 is 4.74 Å². The Morgan fingerprint density at radius 2 is 1.67 bits per heavy atom. The van der Waals surface area contributed by atoms with Gasteiger partial charge in [0.2, 0.25) is 0 Å². The van der Waals surface area contributed by atoms with Crippen LogP contribution in [0.5, 0.6) is 5.75 Å². The van der Waals surface area contributed by atoms with Gasteiger partial charge in [0.25, 0.3) is 0 Å². The molecule has 0 spiro atoms. The maximum Gasteiger partial charge on any atom is 0.196 e. The predicted octanol–water partition coefficient (Wildman–Crippen LogP) is 5.68. The molecule has 1 heterocycles. The van der Waals surface area contributed by atoms with Crippen LogP contribution < -0.4 is 4.74 Å². The average Bonchev–Trinajstić information content (AvgIpc) is 3.22. The third kappa shape index (κ3) is 4.32. The van der Waals surface area contributed by atoms with E-state index in [2.05, 4.69) is 26.1 Å². The summed E-state index contributed by atoms with van der Waals surface area (Å²) in [4.78, 5) is 12.7. The SMILES string of the molecule is COc1ccc(-n2c(SCC(=O)c3ccccc3Br)nnc2-c2ccccc2)cc1. The van der Waals surface area contributed by atoms with Gasteiger partial charge in [-0.25, -0.2) is 0 Å². The van der Waals surface area contributed by atoms with Crippen LogP contribution in [0.4, 0.5) is 0 Å². The number of ether oxygens (including phenoxy) is 1. The molecule has 5 nitrogen and oxygen atoms in total. The Morgan fingerprint density at radius 3 is 2.37 bits per heavy atom. The van der Waals surface area contributed by atoms with Crippen molar-refractivity contribution < 1.29 is 9.53 Å². The van der Waals surface area contributed by atoms with E-state index in [1.54, 1.807) is 7.11 Å². The van der Waals surface area contributed by atoms with E-state index in [4.69, 9.17) is 4.74 Å².